The number of benzene rings is 1. The lowest BCUT2D eigenvalue weighted by molar-refractivity contribution is -0.124. The summed E-state index contributed by atoms with van der Waals surface area (Å²) in [7, 11) is 0. The van der Waals surface area contributed by atoms with Gasteiger partial charge in [0.1, 0.15) is 17.8 Å². The van der Waals surface area contributed by atoms with Gasteiger partial charge >= 0.3 is 12.0 Å². The van der Waals surface area contributed by atoms with E-state index < -0.39 is 18.1 Å². The van der Waals surface area contributed by atoms with Crippen molar-refractivity contribution in [2.75, 3.05) is 0 Å². The summed E-state index contributed by atoms with van der Waals surface area (Å²) in [4.78, 5) is 42.6. The summed E-state index contributed by atoms with van der Waals surface area (Å²) in [5, 5.41) is 19.6. The minimum Gasteiger partial charge on any atom is -0.476 e. The lowest BCUT2D eigenvalue weighted by atomic mass is 9.96. The quantitative estimate of drug-likeness (QED) is 0.229. The highest BCUT2D eigenvalue weighted by atomic mass is 16.4. The largest absolute Gasteiger partial charge is 0.476 e. The Kier molecular flexibility index (Phi) is 10.1. The van der Waals surface area contributed by atoms with Gasteiger partial charge in [-0.25, -0.2) is 14.6 Å². The van der Waals surface area contributed by atoms with Crippen LogP contribution in [0.2, 0.25) is 0 Å². The van der Waals surface area contributed by atoms with Crippen molar-refractivity contribution in [1.82, 2.24) is 25.5 Å². The van der Waals surface area contributed by atoms with Crippen molar-refractivity contribution >= 4 is 28.8 Å². The van der Waals surface area contributed by atoms with Crippen LogP contribution < -0.4 is 16.0 Å². The van der Waals surface area contributed by atoms with Crippen molar-refractivity contribution in [1.29, 1.82) is 0 Å². The number of nitrogens with zero attached hydrogens (tertiary/aromatic N) is 2. The number of aromatic nitrogens is 2. The average molecular weight is 566 g/mol. The molecule has 222 valence electrons. The molecule has 0 radical (unpaired) electrons. The van der Waals surface area contributed by atoms with E-state index in [2.05, 4.69) is 44.7 Å². The van der Waals surface area contributed by atoms with Crippen LogP contribution in [0.25, 0.3) is 10.9 Å². The molecule has 4 rings (SSSR count). The third-order valence-corrected chi connectivity index (χ3v) is 7.66. The number of carbonyl (C=O) groups excluding carboxylic acids is 2. The summed E-state index contributed by atoms with van der Waals surface area (Å²) >= 11 is 0. The van der Waals surface area contributed by atoms with E-state index in [1.165, 1.54) is 6.42 Å². The Morgan fingerprint density at radius 1 is 1.12 bits per heavy atom. The Bertz CT molecular complexity index is 1350. The van der Waals surface area contributed by atoms with Gasteiger partial charge in [0.2, 0.25) is 11.8 Å². The van der Waals surface area contributed by atoms with Gasteiger partial charge in [-0.3, -0.25) is 4.79 Å². The molecule has 1 aromatic carbocycles. The van der Waals surface area contributed by atoms with Gasteiger partial charge in [-0.2, -0.15) is 0 Å². The number of rotatable bonds is 12. The zero-order valence-corrected chi connectivity index (χ0v) is 24.5. The summed E-state index contributed by atoms with van der Waals surface area (Å²) in [5.41, 5.74) is 1.88. The first-order valence-electron chi connectivity index (χ1n) is 14.8. The van der Waals surface area contributed by atoms with Crippen molar-refractivity contribution in [2.24, 2.45) is 5.92 Å². The van der Waals surface area contributed by atoms with Crippen LogP contribution in [0.3, 0.4) is 0 Å². The summed E-state index contributed by atoms with van der Waals surface area (Å²) in [6, 6.07) is 6.31. The van der Waals surface area contributed by atoms with Crippen molar-refractivity contribution < 1.29 is 23.9 Å². The molecule has 1 aliphatic carbocycles. The number of aryl methyl sites for hydroxylation is 2. The smallest absolute Gasteiger partial charge is 0.358 e. The number of urea groups is 1. The Balaban J connectivity index is 1.61. The van der Waals surface area contributed by atoms with E-state index in [4.69, 9.17) is 4.42 Å². The highest BCUT2D eigenvalue weighted by molar-refractivity contribution is 5.88. The fraction of sp³-hybridized carbons (Fsp3) is 0.548. The topological polar surface area (TPSA) is 138 Å². The number of carboxylic acid groups (broad SMARTS) is 1. The van der Waals surface area contributed by atoms with Crippen LogP contribution in [0.1, 0.15) is 99.5 Å². The molecule has 4 N–H and O–H groups in total. The van der Waals surface area contributed by atoms with Crippen LogP contribution in [-0.4, -0.2) is 44.6 Å². The summed E-state index contributed by atoms with van der Waals surface area (Å²) < 4.78 is 7.99. The van der Waals surface area contributed by atoms with Crippen LogP contribution in [0.15, 0.2) is 34.9 Å². The average Bonchev–Trinajstić information content (AvgIpc) is 3.49. The van der Waals surface area contributed by atoms with E-state index in [0.29, 0.717) is 12.8 Å². The first-order chi connectivity index (χ1) is 19.7. The first kappa shape index (κ1) is 30.1. The molecule has 2 atom stereocenters. The third-order valence-electron chi connectivity index (χ3n) is 7.66. The number of para-hydroxylation sites is 1. The van der Waals surface area contributed by atoms with Gasteiger partial charge in [-0.15, -0.1) is 0 Å². The van der Waals surface area contributed by atoms with Gasteiger partial charge in [-0.05, 0) is 50.2 Å². The number of amides is 3. The second-order valence-electron chi connectivity index (χ2n) is 11.5. The fourth-order valence-corrected chi connectivity index (χ4v) is 5.70. The van der Waals surface area contributed by atoms with E-state index in [1.54, 1.807) is 6.92 Å². The van der Waals surface area contributed by atoms with Crippen molar-refractivity contribution in [3.05, 3.63) is 53.4 Å². The predicted molar refractivity (Wildman–Crippen MR) is 157 cm³/mol. The molecule has 1 aliphatic rings. The normalized spacial score (nSPS) is 15.5. The second-order valence-corrected chi connectivity index (χ2v) is 11.5. The predicted octanol–water partition coefficient (Wildman–Crippen LogP) is 5.49. The highest BCUT2D eigenvalue weighted by Crippen LogP contribution is 2.28. The Labute approximate surface area is 241 Å². The zero-order chi connectivity index (χ0) is 29.5. The number of carboxylic acids is 1. The molecule has 1 fully saturated rings. The maximum absolute atomic E-state index is 13.7. The molecule has 1 unspecified atom stereocenters. The summed E-state index contributed by atoms with van der Waals surface area (Å²) in [5.74, 6) is -1.12. The number of oxazole rings is 1. The molecule has 0 spiro atoms. The molecule has 0 aliphatic heterocycles. The Morgan fingerprint density at radius 2 is 1.85 bits per heavy atom. The number of aromatic carboxylic acids is 1. The van der Waals surface area contributed by atoms with Crippen LogP contribution >= 0.6 is 0 Å². The number of hydrogen-bond donors (Lipinski definition) is 4. The van der Waals surface area contributed by atoms with E-state index in [9.17, 15) is 19.5 Å². The van der Waals surface area contributed by atoms with Crippen LogP contribution in [0.4, 0.5) is 4.79 Å². The van der Waals surface area contributed by atoms with Gasteiger partial charge in [0, 0.05) is 36.1 Å². The highest BCUT2D eigenvalue weighted by Gasteiger charge is 2.30. The van der Waals surface area contributed by atoms with Gasteiger partial charge in [0.15, 0.2) is 5.69 Å². The third kappa shape index (κ3) is 7.68. The monoisotopic (exact) mass is 565 g/mol. The van der Waals surface area contributed by atoms with Crippen LogP contribution in [0.5, 0.6) is 0 Å². The standard InChI is InChI=1S/C31H43N5O5/c1-5-15-36-18-21(23-13-9-10-14-26(23)36)17-25(29-35-27(30(38)39)20(4)41-29)33-28(37)24(16-19(2)3)34-31(40)32-22-11-7-6-8-12-22/h9-10,13-14,18-19,22,24-25H,5-8,11-12,15-17H2,1-4H3,(H,33,37)(H,38,39)(H2,32,34,40)/t24?,25-/m1/s1. The second kappa shape index (κ2) is 13.7. The lowest BCUT2D eigenvalue weighted by Crippen LogP contribution is -2.53. The minimum atomic E-state index is -1.19. The SMILES string of the molecule is CCCn1cc(C[C@@H](NC(=O)C(CC(C)C)NC(=O)NC2CCCCC2)c2nc(C(=O)O)c(C)o2)c2ccccc21. The van der Waals surface area contributed by atoms with Crippen LogP contribution in [0, 0.1) is 12.8 Å². The molecule has 0 saturated heterocycles. The summed E-state index contributed by atoms with van der Waals surface area (Å²) in [6.45, 7) is 8.50. The molecule has 41 heavy (non-hydrogen) atoms. The molecule has 10 nitrogen and oxygen atoms in total. The molecule has 2 aromatic heterocycles. The Hall–Kier alpha value is -3.82. The molecule has 10 heteroatoms. The number of nitrogens with one attached hydrogen (secondary N) is 3. The maximum Gasteiger partial charge on any atom is 0.358 e. The molecular formula is C31H43N5O5. The van der Waals surface area contributed by atoms with E-state index in [-0.39, 0.29) is 41.2 Å². The zero-order valence-electron chi connectivity index (χ0n) is 24.5. The number of carbonyl (C=O) groups is 3. The minimum absolute atomic E-state index is 0.115. The van der Waals surface area contributed by atoms with Gasteiger partial charge in [0.05, 0.1) is 0 Å². The van der Waals surface area contributed by atoms with Gasteiger partial charge < -0.3 is 30.0 Å². The fourth-order valence-electron chi connectivity index (χ4n) is 5.70. The maximum atomic E-state index is 13.7. The molecule has 3 amide bonds. The molecular weight excluding hydrogens is 522 g/mol. The van der Waals surface area contributed by atoms with Crippen LogP contribution in [-0.2, 0) is 17.8 Å². The number of hydrogen-bond acceptors (Lipinski definition) is 5. The van der Waals surface area contributed by atoms with E-state index in [0.717, 1.165) is 55.1 Å². The molecule has 1 saturated carbocycles. The van der Waals surface area contributed by atoms with Crippen molar-refractivity contribution in [3.63, 3.8) is 0 Å². The van der Waals surface area contributed by atoms with E-state index >= 15 is 0 Å². The summed E-state index contributed by atoms with van der Waals surface area (Å²) in [6.07, 6.45) is 9.06. The molecule has 2 heterocycles. The number of fused-ring (bicyclic) bond motifs is 1. The lowest BCUT2D eigenvalue weighted by Gasteiger charge is -2.26. The molecule has 3 aromatic rings. The Morgan fingerprint density at radius 3 is 2.51 bits per heavy atom. The van der Waals surface area contributed by atoms with Crippen molar-refractivity contribution in [3.8, 4) is 0 Å². The first-order valence-corrected chi connectivity index (χ1v) is 14.8. The van der Waals surface area contributed by atoms with E-state index in [1.807, 2.05) is 32.0 Å². The van der Waals surface area contributed by atoms with Crippen molar-refractivity contribution in [2.45, 2.75) is 104 Å². The van der Waals surface area contributed by atoms with Gasteiger partial charge in [-0.1, -0.05) is 58.2 Å². The van der Waals surface area contributed by atoms with Gasteiger partial charge in [0.25, 0.3) is 0 Å². The molecule has 0 bridgehead atoms.